The van der Waals surface area contributed by atoms with Crippen LogP contribution in [-0.2, 0) is 6.54 Å². The van der Waals surface area contributed by atoms with E-state index in [1.54, 1.807) is 0 Å². The van der Waals surface area contributed by atoms with Crippen LogP contribution in [0.3, 0.4) is 0 Å². The van der Waals surface area contributed by atoms with Gasteiger partial charge < -0.3 is 10.2 Å². The summed E-state index contributed by atoms with van der Waals surface area (Å²) in [6.07, 6.45) is 1.18. The molecule has 1 aliphatic heterocycles. The minimum atomic E-state index is 0.195. The Morgan fingerprint density at radius 3 is 2.72 bits per heavy atom. The summed E-state index contributed by atoms with van der Waals surface area (Å²) < 4.78 is 0. The second-order valence-electron chi connectivity index (χ2n) is 6.01. The van der Waals surface area contributed by atoms with E-state index in [9.17, 15) is 0 Å². The molecule has 0 spiro atoms. The summed E-state index contributed by atoms with van der Waals surface area (Å²) in [5, 5.41) is 4.04. The predicted molar refractivity (Wildman–Crippen MR) is 79.7 cm³/mol. The standard InChI is InChI=1S/C15H23ClN2/c1-10-8-15(2,3)18(5)14-7-13(16)11(9-17-4)6-12(10)14/h6-7,10,17H,8-9H2,1-5H3/t10-/m1/s1. The van der Waals surface area contributed by atoms with Crippen molar-refractivity contribution >= 4 is 17.3 Å². The van der Waals surface area contributed by atoms with Crippen molar-refractivity contribution < 1.29 is 0 Å². The van der Waals surface area contributed by atoms with Gasteiger partial charge in [-0.15, -0.1) is 0 Å². The summed E-state index contributed by atoms with van der Waals surface area (Å²) in [6, 6.07) is 4.39. The van der Waals surface area contributed by atoms with Gasteiger partial charge in [0.25, 0.3) is 0 Å². The van der Waals surface area contributed by atoms with Crippen molar-refractivity contribution in [2.45, 2.75) is 45.2 Å². The molecule has 0 aromatic heterocycles. The lowest BCUT2D eigenvalue weighted by molar-refractivity contribution is 0.395. The Hall–Kier alpha value is -0.730. The van der Waals surface area contributed by atoms with Crippen LogP contribution in [0.15, 0.2) is 12.1 Å². The molecule has 0 unspecified atom stereocenters. The average molecular weight is 267 g/mol. The Morgan fingerprint density at radius 2 is 2.11 bits per heavy atom. The normalized spacial score (nSPS) is 21.9. The fraction of sp³-hybridized carbons (Fsp3) is 0.600. The highest BCUT2D eigenvalue weighted by Crippen LogP contribution is 2.44. The van der Waals surface area contributed by atoms with E-state index in [-0.39, 0.29) is 5.54 Å². The maximum atomic E-state index is 6.38. The largest absolute Gasteiger partial charge is 0.369 e. The van der Waals surface area contributed by atoms with Crippen molar-refractivity contribution in [3.05, 3.63) is 28.3 Å². The van der Waals surface area contributed by atoms with Gasteiger partial charge in [0.05, 0.1) is 0 Å². The summed E-state index contributed by atoms with van der Waals surface area (Å²) in [5.41, 5.74) is 4.09. The van der Waals surface area contributed by atoms with Gasteiger partial charge in [-0.3, -0.25) is 0 Å². The highest BCUT2D eigenvalue weighted by atomic mass is 35.5. The fourth-order valence-electron chi connectivity index (χ4n) is 2.96. The van der Waals surface area contributed by atoms with E-state index < -0.39 is 0 Å². The SMILES string of the molecule is CNCc1cc2c(cc1Cl)N(C)C(C)(C)C[C@H]2C. The van der Waals surface area contributed by atoms with E-state index in [2.05, 4.69) is 50.2 Å². The lowest BCUT2D eigenvalue weighted by Crippen LogP contribution is -2.45. The monoisotopic (exact) mass is 266 g/mol. The molecule has 0 radical (unpaired) electrons. The Kier molecular flexibility index (Phi) is 3.61. The van der Waals surface area contributed by atoms with Crippen LogP contribution in [0, 0.1) is 0 Å². The molecule has 0 aliphatic carbocycles. The van der Waals surface area contributed by atoms with Crippen molar-refractivity contribution in [1.29, 1.82) is 0 Å². The van der Waals surface area contributed by atoms with Crippen LogP contribution in [-0.4, -0.2) is 19.6 Å². The van der Waals surface area contributed by atoms with Gasteiger partial charge in [-0.25, -0.2) is 0 Å². The zero-order valence-electron chi connectivity index (χ0n) is 12.0. The third-order valence-corrected chi connectivity index (χ3v) is 4.52. The predicted octanol–water partition coefficient (Wildman–Crippen LogP) is 3.78. The van der Waals surface area contributed by atoms with E-state index >= 15 is 0 Å². The molecule has 0 bridgehead atoms. The molecule has 2 rings (SSSR count). The van der Waals surface area contributed by atoms with Gasteiger partial charge in [0.15, 0.2) is 0 Å². The molecule has 0 fully saturated rings. The molecule has 1 heterocycles. The first-order valence-electron chi connectivity index (χ1n) is 6.57. The molecule has 0 amide bonds. The minimum Gasteiger partial charge on any atom is -0.369 e. The van der Waals surface area contributed by atoms with Crippen LogP contribution in [0.25, 0.3) is 0 Å². The van der Waals surface area contributed by atoms with E-state index in [4.69, 9.17) is 11.6 Å². The van der Waals surface area contributed by atoms with Crippen LogP contribution >= 0.6 is 11.6 Å². The van der Waals surface area contributed by atoms with Gasteiger partial charge in [-0.1, -0.05) is 24.6 Å². The molecule has 1 aliphatic rings. The molecule has 2 nitrogen and oxygen atoms in total. The number of halogens is 1. The van der Waals surface area contributed by atoms with Gasteiger partial charge in [0, 0.05) is 29.8 Å². The average Bonchev–Trinajstić information content (AvgIpc) is 2.28. The summed E-state index contributed by atoms with van der Waals surface area (Å²) in [7, 11) is 4.12. The van der Waals surface area contributed by atoms with E-state index in [0.29, 0.717) is 5.92 Å². The molecule has 0 saturated carbocycles. The number of fused-ring (bicyclic) bond motifs is 1. The summed E-state index contributed by atoms with van der Waals surface area (Å²) in [6.45, 7) is 7.72. The van der Waals surface area contributed by atoms with Crippen LogP contribution in [0.4, 0.5) is 5.69 Å². The second-order valence-corrected chi connectivity index (χ2v) is 6.42. The van der Waals surface area contributed by atoms with Gasteiger partial charge in [-0.05, 0) is 50.4 Å². The number of hydrogen-bond donors (Lipinski definition) is 1. The molecule has 18 heavy (non-hydrogen) atoms. The van der Waals surface area contributed by atoms with Crippen LogP contribution in [0.2, 0.25) is 5.02 Å². The van der Waals surface area contributed by atoms with Crippen molar-refractivity contribution in [3.63, 3.8) is 0 Å². The van der Waals surface area contributed by atoms with Gasteiger partial charge in [0.2, 0.25) is 0 Å². The fourth-order valence-corrected chi connectivity index (χ4v) is 3.18. The number of hydrogen-bond acceptors (Lipinski definition) is 2. The van der Waals surface area contributed by atoms with E-state index in [0.717, 1.165) is 11.6 Å². The third-order valence-electron chi connectivity index (χ3n) is 4.17. The first-order valence-corrected chi connectivity index (χ1v) is 6.95. The maximum Gasteiger partial charge on any atom is 0.0471 e. The van der Waals surface area contributed by atoms with Crippen molar-refractivity contribution in [1.82, 2.24) is 5.32 Å². The number of rotatable bonds is 2. The van der Waals surface area contributed by atoms with Crippen LogP contribution in [0.5, 0.6) is 0 Å². The zero-order valence-corrected chi connectivity index (χ0v) is 12.7. The number of anilines is 1. The molecular weight excluding hydrogens is 244 g/mol. The Balaban J connectivity index is 2.51. The zero-order chi connectivity index (χ0) is 13.5. The quantitative estimate of drug-likeness (QED) is 0.876. The second kappa shape index (κ2) is 4.75. The van der Waals surface area contributed by atoms with Crippen molar-refractivity contribution in [3.8, 4) is 0 Å². The van der Waals surface area contributed by atoms with Gasteiger partial charge in [0.1, 0.15) is 0 Å². The number of nitrogens with zero attached hydrogens (tertiary/aromatic N) is 1. The van der Waals surface area contributed by atoms with E-state index in [1.165, 1.54) is 23.2 Å². The van der Waals surface area contributed by atoms with Crippen LogP contribution < -0.4 is 10.2 Å². The van der Waals surface area contributed by atoms with Crippen LogP contribution in [0.1, 0.15) is 44.2 Å². The van der Waals surface area contributed by atoms with Gasteiger partial charge in [-0.2, -0.15) is 0 Å². The molecule has 100 valence electrons. The molecule has 1 aromatic carbocycles. The number of benzene rings is 1. The topological polar surface area (TPSA) is 15.3 Å². The molecular formula is C15H23ClN2. The van der Waals surface area contributed by atoms with Crippen molar-refractivity contribution in [2.24, 2.45) is 0 Å². The first kappa shape index (κ1) is 13.7. The number of nitrogens with one attached hydrogen (secondary N) is 1. The summed E-state index contributed by atoms with van der Waals surface area (Å²) in [4.78, 5) is 2.36. The van der Waals surface area contributed by atoms with Crippen molar-refractivity contribution in [2.75, 3.05) is 19.0 Å². The van der Waals surface area contributed by atoms with Gasteiger partial charge >= 0.3 is 0 Å². The maximum absolute atomic E-state index is 6.38. The molecule has 3 heteroatoms. The molecule has 1 atom stereocenters. The highest BCUT2D eigenvalue weighted by molar-refractivity contribution is 6.31. The lowest BCUT2D eigenvalue weighted by Gasteiger charge is -2.45. The smallest absolute Gasteiger partial charge is 0.0471 e. The third kappa shape index (κ3) is 2.24. The highest BCUT2D eigenvalue weighted by Gasteiger charge is 2.34. The van der Waals surface area contributed by atoms with E-state index in [1.807, 2.05) is 7.05 Å². The molecule has 0 saturated heterocycles. The molecule has 1 aromatic rings. The summed E-state index contributed by atoms with van der Waals surface area (Å²) >= 11 is 6.38. The Labute approximate surface area is 115 Å². The minimum absolute atomic E-state index is 0.195. The molecule has 1 N–H and O–H groups in total. The lowest BCUT2D eigenvalue weighted by atomic mass is 9.80. The summed E-state index contributed by atoms with van der Waals surface area (Å²) in [5.74, 6) is 0.582. The Morgan fingerprint density at radius 1 is 1.44 bits per heavy atom. The Bertz CT molecular complexity index is 454. The first-order chi connectivity index (χ1) is 8.36.